The Morgan fingerprint density at radius 1 is 0.704 bits per heavy atom. The monoisotopic (exact) mass is 365 g/mol. The number of hydrogen-bond donors (Lipinski definition) is 0. The third kappa shape index (κ3) is 5.09. The second-order valence-corrected chi connectivity index (χ2v) is 9.56. The average molecular weight is 366 g/mol. The van der Waals surface area contributed by atoms with Crippen LogP contribution in [-0.2, 0) is 0 Å². The molecule has 0 aliphatic heterocycles. The predicted octanol–water partition coefficient (Wildman–Crippen LogP) is 7.82. The van der Waals surface area contributed by atoms with Crippen LogP contribution in [0.1, 0.15) is 102 Å². The fourth-order valence-electron chi connectivity index (χ4n) is 5.41. The van der Waals surface area contributed by atoms with Gasteiger partial charge in [-0.3, -0.25) is 0 Å². The molecule has 1 nitrogen and oxygen atoms in total. The minimum absolute atomic E-state index is 0.751. The molecule has 3 saturated carbocycles. The third-order valence-electron chi connectivity index (χ3n) is 7.49. The van der Waals surface area contributed by atoms with Crippen molar-refractivity contribution in [3.05, 3.63) is 47.8 Å². The van der Waals surface area contributed by atoms with Crippen LogP contribution in [0.15, 0.2) is 24.3 Å². The van der Waals surface area contributed by atoms with Gasteiger partial charge in [0.25, 0.3) is 0 Å². The van der Waals surface area contributed by atoms with Crippen molar-refractivity contribution in [3.8, 4) is 5.75 Å². The molecular weight excluding hydrogens is 328 g/mol. The van der Waals surface area contributed by atoms with E-state index >= 15 is 0 Å². The van der Waals surface area contributed by atoms with Gasteiger partial charge >= 0.3 is 0 Å². The Balaban J connectivity index is 1.23. The molecule has 0 unspecified atom stereocenters. The second-order valence-electron chi connectivity index (χ2n) is 9.56. The Hall–Kier alpha value is -0.980. The maximum Gasteiger partial charge on any atom is 0.148 e. The predicted molar refractivity (Wildman–Crippen MR) is 113 cm³/mol. The molecule has 0 aromatic heterocycles. The molecule has 0 atom stereocenters. The van der Waals surface area contributed by atoms with Crippen LogP contribution in [-0.4, -0.2) is 0 Å². The van der Waals surface area contributed by atoms with Crippen LogP contribution >= 0.6 is 0 Å². The van der Waals surface area contributed by atoms with Gasteiger partial charge in [0.15, 0.2) is 0 Å². The van der Waals surface area contributed by atoms with Crippen LogP contribution < -0.4 is 4.74 Å². The lowest BCUT2D eigenvalue weighted by Crippen LogP contribution is -2.24. The van der Waals surface area contributed by atoms with Crippen molar-refractivity contribution in [2.45, 2.75) is 96.8 Å². The number of rotatable bonds is 4. The Morgan fingerprint density at radius 3 is 1.93 bits per heavy atom. The van der Waals surface area contributed by atoms with Crippen LogP contribution in [0.3, 0.4) is 0 Å². The van der Waals surface area contributed by atoms with E-state index < -0.39 is 0 Å². The summed E-state index contributed by atoms with van der Waals surface area (Å²) in [6.07, 6.45) is 17.1. The van der Waals surface area contributed by atoms with Crippen molar-refractivity contribution in [2.24, 2.45) is 11.8 Å². The maximum absolute atomic E-state index is 6.27. The van der Waals surface area contributed by atoms with Gasteiger partial charge in [0.05, 0.1) is 0 Å². The Bertz CT molecular complexity index is 552. The normalized spacial score (nSPS) is 25.7. The van der Waals surface area contributed by atoms with Gasteiger partial charge in [-0.25, -0.2) is 0 Å². The molecule has 27 heavy (non-hydrogen) atoms. The van der Waals surface area contributed by atoms with E-state index in [4.69, 9.17) is 4.74 Å². The smallest absolute Gasteiger partial charge is 0.148 e. The molecule has 1 aromatic rings. The first-order valence-corrected chi connectivity index (χ1v) is 11.5. The fourth-order valence-corrected chi connectivity index (χ4v) is 5.41. The van der Waals surface area contributed by atoms with Gasteiger partial charge in [0.2, 0.25) is 0 Å². The van der Waals surface area contributed by atoms with Gasteiger partial charge in [-0.15, -0.1) is 0 Å². The van der Waals surface area contributed by atoms with Gasteiger partial charge in [-0.1, -0.05) is 38.8 Å². The Kier molecular flexibility index (Phi) is 6.46. The van der Waals surface area contributed by atoms with Gasteiger partial charge < -0.3 is 4.74 Å². The standard InChI is InChI=1S/C26H37O/c1-19-3-7-21(8-4-19)23-11-15-25(16-12-23)27-26-17-13-24(14-18-26)22-9-5-20(2)6-10-22/h11-12,15-16,20-21,24H,3-10,13-14,17-18H2,1-2H3. The summed E-state index contributed by atoms with van der Waals surface area (Å²) in [4.78, 5) is 0. The summed E-state index contributed by atoms with van der Waals surface area (Å²) in [6, 6.07) is 9.03. The van der Waals surface area contributed by atoms with Crippen molar-refractivity contribution in [1.82, 2.24) is 0 Å². The van der Waals surface area contributed by atoms with Crippen molar-refractivity contribution < 1.29 is 4.74 Å². The highest BCUT2D eigenvalue weighted by molar-refractivity contribution is 5.31. The zero-order valence-electron chi connectivity index (χ0n) is 17.4. The summed E-state index contributed by atoms with van der Waals surface area (Å²) in [6.45, 7) is 4.73. The molecular formula is C26H37O. The van der Waals surface area contributed by atoms with E-state index in [1.54, 1.807) is 5.92 Å². The van der Waals surface area contributed by atoms with Crippen LogP contribution in [0.2, 0.25) is 0 Å². The Labute approximate surface area is 167 Å². The lowest BCUT2D eigenvalue weighted by atomic mass is 9.71. The van der Waals surface area contributed by atoms with Crippen molar-refractivity contribution in [3.63, 3.8) is 0 Å². The quantitative estimate of drug-likeness (QED) is 0.528. The molecule has 0 spiro atoms. The van der Waals surface area contributed by atoms with Crippen LogP contribution in [0.25, 0.3) is 0 Å². The summed E-state index contributed by atoms with van der Waals surface area (Å²) < 4.78 is 6.27. The van der Waals surface area contributed by atoms with E-state index in [2.05, 4.69) is 38.1 Å². The van der Waals surface area contributed by atoms with E-state index in [0.717, 1.165) is 36.3 Å². The zero-order chi connectivity index (χ0) is 18.6. The molecule has 0 amide bonds. The minimum atomic E-state index is 0.751. The maximum atomic E-state index is 6.27. The van der Waals surface area contributed by atoms with Gasteiger partial charge in [-0.2, -0.15) is 0 Å². The molecule has 0 N–H and O–H groups in total. The molecule has 0 saturated heterocycles. The summed E-state index contributed by atoms with van der Waals surface area (Å²) >= 11 is 0. The molecule has 0 heterocycles. The van der Waals surface area contributed by atoms with E-state index in [1.807, 2.05) is 5.92 Å². The SMILES string of the molecule is C[C]1CCC(c2ccc(O[C]3CCC([C]4CCC(C)CC4)CC3)cc2)CC1. The lowest BCUT2D eigenvalue weighted by molar-refractivity contribution is 0.215. The fraction of sp³-hybridized carbons (Fsp3) is 0.654. The highest BCUT2D eigenvalue weighted by Gasteiger charge is 2.31. The first kappa shape index (κ1) is 19.3. The second kappa shape index (κ2) is 9.01. The zero-order valence-corrected chi connectivity index (χ0v) is 17.4. The molecule has 1 heteroatoms. The van der Waals surface area contributed by atoms with E-state index in [0.29, 0.717) is 0 Å². The van der Waals surface area contributed by atoms with Crippen molar-refractivity contribution >= 4 is 0 Å². The van der Waals surface area contributed by atoms with Crippen molar-refractivity contribution in [1.29, 1.82) is 0 Å². The van der Waals surface area contributed by atoms with Gasteiger partial charge in [-0.05, 0) is 111 Å². The van der Waals surface area contributed by atoms with Crippen molar-refractivity contribution in [2.75, 3.05) is 0 Å². The summed E-state index contributed by atoms with van der Waals surface area (Å²) in [5.41, 5.74) is 1.51. The lowest BCUT2D eigenvalue weighted by Gasteiger charge is -2.36. The largest absolute Gasteiger partial charge is 0.483 e. The Morgan fingerprint density at radius 2 is 1.30 bits per heavy atom. The van der Waals surface area contributed by atoms with E-state index in [1.165, 1.54) is 75.9 Å². The third-order valence-corrected chi connectivity index (χ3v) is 7.49. The summed E-state index contributed by atoms with van der Waals surface area (Å²) in [5.74, 6) is 7.17. The minimum Gasteiger partial charge on any atom is -0.483 e. The number of ether oxygens (including phenoxy) is 1. The highest BCUT2D eigenvalue weighted by Crippen LogP contribution is 2.43. The molecule has 3 radical (unpaired) electrons. The van der Waals surface area contributed by atoms with Crippen LogP contribution in [0, 0.1) is 29.8 Å². The van der Waals surface area contributed by atoms with Gasteiger partial charge in [0, 0.05) is 0 Å². The highest BCUT2D eigenvalue weighted by atomic mass is 16.5. The number of benzene rings is 1. The molecule has 4 rings (SSSR count). The molecule has 3 aliphatic rings. The molecule has 147 valence electrons. The topological polar surface area (TPSA) is 9.23 Å². The summed E-state index contributed by atoms with van der Waals surface area (Å²) in [5, 5.41) is 0. The van der Waals surface area contributed by atoms with Gasteiger partial charge in [0.1, 0.15) is 11.9 Å². The molecule has 1 aromatic carbocycles. The average Bonchev–Trinajstić information content (AvgIpc) is 2.71. The summed E-state index contributed by atoms with van der Waals surface area (Å²) in [7, 11) is 0. The number of hydrogen-bond acceptors (Lipinski definition) is 1. The van der Waals surface area contributed by atoms with Crippen LogP contribution in [0.4, 0.5) is 0 Å². The van der Waals surface area contributed by atoms with E-state index in [-0.39, 0.29) is 0 Å². The van der Waals surface area contributed by atoms with E-state index in [9.17, 15) is 0 Å². The molecule has 0 bridgehead atoms. The first-order valence-electron chi connectivity index (χ1n) is 11.5. The molecule has 3 aliphatic carbocycles. The molecule has 3 fully saturated rings. The van der Waals surface area contributed by atoms with Crippen LogP contribution in [0.5, 0.6) is 5.75 Å². The first-order chi connectivity index (χ1) is 13.2.